The van der Waals surface area contributed by atoms with Gasteiger partial charge in [-0.3, -0.25) is 14.9 Å². The molecule has 0 aliphatic carbocycles. The van der Waals surface area contributed by atoms with E-state index in [1.165, 1.54) is 0 Å². The first-order valence-electron chi connectivity index (χ1n) is 6.23. The Morgan fingerprint density at radius 3 is 2.71 bits per heavy atom. The van der Waals surface area contributed by atoms with E-state index in [1.807, 2.05) is 6.07 Å². The molecule has 7 nitrogen and oxygen atoms in total. The fraction of sp³-hybridized carbons (Fsp3) is 0.385. The summed E-state index contributed by atoms with van der Waals surface area (Å²) < 4.78 is 18.3. The average molecular weight is 293 g/mol. The predicted octanol–water partition coefficient (Wildman–Crippen LogP) is 1.99. The monoisotopic (exact) mass is 293 g/mol. The van der Waals surface area contributed by atoms with Crippen molar-refractivity contribution in [1.82, 2.24) is 0 Å². The third kappa shape index (κ3) is 2.98. The van der Waals surface area contributed by atoms with Gasteiger partial charge >= 0.3 is 0 Å². The predicted molar refractivity (Wildman–Crippen MR) is 69.8 cm³/mol. The van der Waals surface area contributed by atoms with Crippen LogP contribution in [0.2, 0.25) is 0 Å². The van der Waals surface area contributed by atoms with Gasteiger partial charge in [0.2, 0.25) is 5.91 Å². The Bertz CT molecular complexity index is 620. The molecule has 0 spiro atoms. The first-order valence-corrected chi connectivity index (χ1v) is 6.23. The Balaban J connectivity index is 2.29. The zero-order valence-electron chi connectivity index (χ0n) is 11.0. The minimum atomic E-state index is -1.31. The highest BCUT2D eigenvalue weighted by Gasteiger charge is 2.41. The highest BCUT2D eigenvalue weighted by Crippen LogP contribution is 2.33. The lowest BCUT2D eigenvalue weighted by Crippen LogP contribution is -2.40. The molecular formula is C13H12FN3O4. The summed E-state index contributed by atoms with van der Waals surface area (Å²) in [6.07, 6.45) is 0.386. The van der Waals surface area contributed by atoms with E-state index in [0.29, 0.717) is 0 Å². The molecule has 1 aliphatic heterocycles. The van der Waals surface area contributed by atoms with E-state index in [0.717, 1.165) is 18.2 Å². The number of anilines is 1. The SMILES string of the molecule is N#CC1(C(=O)Nc2cc(F)ccc2[N+](=O)[O-])CCOCC1. The first kappa shape index (κ1) is 14.9. The Morgan fingerprint density at radius 2 is 2.14 bits per heavy atom. The number of halogens is 1. The van der Waals surface area contributed by atoms with Crippen LogP contribution in [-0.4, -0.2) is 24.0 Å². The van der Waals surface area contributed by atoms with Gasteiger partial charge in [-0.1, -0.05) is 0 Å². The number of nitrogens with one attached hydrogen (secondary N) is 1. The quantitative estimate of drug-likeness (QED) is 0.677. The molecule has 1 aliphatic rings. The largest absolute Gasteiger partial charge is 0.381 e. The van der Waals surface area contributed by atoms with Gasteiger partial charge in [-0.25, -0.2) is 4.39 Å². The number of nitro groups is 1. The maximum Gasteiger partial charge on any atom is 0.292 e. The Labute approximate surface area is 119 Å². The zero-order chi connectivity index (χ0) is 15.5. The molecule has 1 saturated heterocycles. The van der Waals surface area contributed by atoms with Crippen LogP contribution in [0.4, 0.5) is 15.8 Å². The van der Waals surface area contributed by atoms with E-state index >= 15 is 0 Å². The molecule has 1 heterocycles. The number of nitro benzene ring substituents is 1. The number of rotatable bonds is 3. The van der Waals surface area contributed by atoms with E-state index in [1.54, 1.807) is 0 Å². The molecule has 0 saturated carbocycles. The van der Waals surface area contributed by atoms with E-state index < -0.39 is 27.8 Å². The molecule has 2 rings (SSSR count). The lowest BCUT2D eigenvalue weighted by atomic mass is 9.81. The highest BCUT2D eigenvalue weighted by atomic mass is 19.1. The molecule has 1 amide bonds. The maximum absolute atomic E-state index is 13.2. The molecule has 1 fully saturated rings. The van der Waals surface area contributed by atoms with Gasteiger partial charge in [0.05, 0.1) is 11.0 Å². The van der Waals surface area contributed by atoms with Gasteiger partial charge in [0, 0.05) is 25.3 Å². The topological polar surface area (TPSA) is 105 Å². The second-order valence-electron chi connectivity index (χ2n) is 4.68. The van der Waals surface area contributed by atoms with E-state index in [-0.39, 0.29) is 31.7 Å². The van der Waals surface area contributed by atoms with Crippen molar-refractivity contribution in [1.29, 1.82) is 5.26 Å². The molecule has 21 heavy (non-hydrogen) atoms. The summed E-state index contributed by atoms with van der Waals surface area (Å²) in [4.78, 5) is 22.4. The van der Waals surface area contributed by atoms with Crippen molar-refractivity contribution in [2.45, 2.75) is 12.8 Å². The molecule has 0 radical (unpaired) electrons. The first-order chi connectivity index (χ1) is 9.98. The molecule has 0 bridgehead atoms. The van der Waals surface area contributed by atoms with E-state index in [2.05, 4.69) is 5.32 Å². The van der Waals surface area contributed by atoms with Crippen LogP contribution in [0.25, 0.3) is 0 Å². The van der Waals surface area contributed by atoms with Crippen molar-refractivity contribution in [3.63, 3.8) is 0 Å². The van der Waals surface area contributed by atoms with Crippen LogP contribution >= 0.6 is 0 Å². The summed E-state index contributed by atoms with van der Waals surface area (Å²) in [6, 6.07) is 4.71. The summed E-state index contributed by atoms with van der Waals surface area (Å²) in [5.41, 5.74) is -1.99. The number of ether oxygens (including phenoxy) is 1. The van der Waals surface area contributed by atoms with Crippen LogP contribution in [0, 0.1) is 32.7 Å². The molecule has 8 heteroatoms. The summed E-state index contributed by atoms with van der Waals surface area (Å²) in [5, 5.41) is 22.4. The third-order valence-electron chi connectivity index (χ3n) is 3.40. The van der Waals surface area contributed by atoms with Crippen molar-refractivity contribution >= 4 is 17.3 Å². The lowest BCUT2D eigenvalue weighted by molar-refractivity contribution is -0.384. The number of carbonyl (C=O) groups is 1. The van der Waals surface area contributed by atoms with Gasteiger partial charge in [0.15, 0.2) is 0 Å². The van der Waals surface area contributed by atoms with Crippen LogP contribution in [-0.2, 0) is 9.53 Å². The average Bonchev–Trinajstić information content (AvgIpc) is 2.47. The van der Waals surface area contributed by atoms with Crippen LogP contribution in [0.3, 0.4) is 0 Å². The van der Waals surface area contributed by atoms with Gasteiger partial charge in [0.25, 0.3) is 5.69 Å². The van der Waals surface area contributed by atoms with Gasteiger partial charge in [-0.05, 0) is 18.9 Å². The zero-order valence-corrected chi connectivity index (χ0v) is 11.0. The van der Waals surface area contributed by atoms with Gasteiger partial charge in [0.1, 0.15) is 16.9 Å². The normalized spacial score (nSPS) is 16.8. The number of amides is 1. The van der Waals surface area contributed by atoms with E-state index in [4.69, 9.17) is 4.74 Å². The Kier molecular flexibility index (Phi) is 4.14. The van der Waals surface area contributed by atoms with Crippen molar-refractivity contribution < 1.29 is 18.8 Å². The van der Waals surface area contributed by atoms with Crippen molar-refractivity contribution in [3.05, 3.63) is 34.1 Å². The number of benzene rings is 1. The molecule has 1 N–H and O–H groups in total. The van der Waals surface area contributed by atoms with Crippen molar-refractivity contribution in [3.8, 4) is 6.07 Å². The number of nitrogens with zero attached hydrogens (tertiary/aromatic N) is 2. The highest BCUT2D eigenvalue weighted by molar-refractivity contribution is 5.98. The number of nitriles is 1. The molecule has 0 aromatic heterocycles. The molecule has 110 valence electrons. The minimum absolute atomic E-state index is 0.193. The summed E-state index contributed by atoms with van der Waals surface area (Å²) in [6.45, 7) is 0.512. The molecule has 1 aromatic carbocycles. The maximum atomic E-state index is 13.2. The minimum Gasteiger partial charge on any atom is -0.381 e. The van der Waals surface area contributed by atoms with Crippen LogP contribution in [0.1, 0.15) is 12.8 Å². The molecule has 0 atom stereocenters. The van der Waals surface area contributed by atoms with Gasteiger partial charge in [-0.15, -0.1) is 0 Å². The van der Waals surface area contributed by atoms with Crippen LogP contribution in [0.5, 0.6) is 0 Å². The number of hydrogen-bond donors (Lipinski definition) is 1. The van der Waals surface area contributed by atoms with Crippen molar-refractivity contribution in [2.24, 2.45) is 5.41 Å². The third-order valence-corrected chi connectivity index (χ3v) is 3.40. The van der Waals surface area contributed by atoms with E-state index in [9.17, 15) is 24.6 Å². The molecule has 1 aromatic rings. The second-order valence-corrected chi connectivity index (χ2v) is 4.68. The lowest BCUT2D eigenvalue weighted by Gasteiger charge is -2.29. The summed E-state index contributed by atoms with van der Waals surface area (Å²) in [7, 11) is 0. The number of carbonyl (C=O) groups excluding carboxylic acids is 1. The Hall–Kier alpha value is -2.53. The summed E-state index contributed by atoms with van der Waals surface area (Å²) in [5.74, 6) is -1.39. The van der Waals surface area contributed by atoms with Gasteiger partial charge < -0.3 is 10.1 Å². The smallest absolute Gasteiger partial charge is 0.292 e. The second kappa shape index (κ2) is 5.85. The van der Waals surface area contributed by atoms with Crippen LogP contribution in [0.15, 0.2) is 18.2 Å². The molecular weight excluding hydrogens is 281 g/mol. The standard InChI is InChI=1S/C13H12FN3O4/c14-9-1-2-11(17(19)20)10(7-9)16-12(18)13(8-15)3-5-21-6-4-13/h1-2,7H,3-6H2,(H,16,18). The Morgan fingerprint density at radius 1 is 1.48 bits per heavy atom. The fourth-order valence-electron chi connectivity index (χ4n) is 2.12. The molecule has 0 unspecified atom stereocenters. The van der Waals surface area contributed by atoms with Crippen LogP contribution < -0.4 is 5.32 Å². The fourth-order valence-corrected chi connectivity index (χ4v) is 2.12. The number of hydrogen-bond acceptors (Lipinski definition) is 5. The van der Waals surface area contributed by atoms with Gasteiger partial charge in [-0.2, -0.15) is 5.26 Å². The van der Waals surface area contributed by atoms with Crippen molar-refractivity contribution in [2.75, 3.05) is 18.5 Å². The summed E-state index contributed by atoms with van der Waals surface area (Å²) >= 11 is 0.